The zero-order chi connectivity index (χ0) is 14.0. The van der Waals surface area contributed by atoms with Crippen LogP contribution < -0.4 is 10.1 Å². The summed E-state index contributed by atoms with van der Waals surface area (Å²) in [5, 5.41) is 3.39. The first-order valence-corrected chi connectivity index (χ1v) is 6.71. The Bertz CT molecular complexity index is 448. The number of hydrogen-bond acceptors (Lipinski definition) is 2. The summed E-state index contributed by atoms with van der Waals surface area (Å²) in [4.78, 5) is 0. The van der Waals surface area contributed by atoms with Crippen LogP contribution in [0.1, 0.15) is 36.5 Å². The van der Waals surface area contributed by atoms with Crippen molar-refractivity contribution in [2.75, 3.05) is 13.7 Å². The Balaban J connectivity index is 2.38. The molecule has 1 aromatic rings. The molecule has 106 valence electrons. The van der Waals surface area contributed by atoms with Crippen molar-refractivity contribution in [1.29, 1.82) is 0 Å². The summed E-state index contributed by atoms with van der Waals surface area (Å²) in [5.41, 5.74) is 1.71. The van der Waals surface area contributed by atoms with Crippen LogP contribution in [-0.2, 0) is 12.3 Å². The average Bonchev–Trinajstić information content (AvgIpc) is 2.80. The van der Waals surface area contributed by atoms with Crippen LogP contribution in [0.15, 0.2) is 12.1 Å². The van der Waals surface area contributed by atoms with Gasteiger partial charge in [-0.15, -0.1) is 0 Å². The number of alkyl halides is 2. The van der Waals surface area contributed by atoms with Crippen LogP contribution >= 0.6 is 0 Å². The van der Waals surface area contributed by atoms with E-state index >= 15 is 0 Å². The van der Waals surface area contributed by atoms with Crippen molar-refractivity contribution in [3.63, 3.8) is 0 Å². The summed E-state index contributed by atoms with van der Waals surface area (Å²) >= 11 is 0. The summed E-state index contributed by atoms with van der Waals surface area (Å²) in [6, 6.07) is 3.84. The van der Waals surface area contributed by atoms with Crippen molar-refractivity contribution < 1.29 is 13.5 Å². The van der Waals surface area contributed by atoms with Crippen LogP contribution in [0.25, 0.3) is 0 Å². The molecule has 0 amide bonds. The number of rotatable bonds is 4. The molecule has 2 rings (SSSR count). The number of ether oxygens (including phenoxy) is 1. The van der Waals surface area contributed by atoms with Crippen LogP contribution in [0.4, 0.5) is 8.78 Å². The molecule has 1 unspecified atom stereocenters. The van der Waals surface area contributed by atoms with E-state index in [1.807, 2.05) is 13.0 Å². The number of aryl methyl sites for hydroxylation is 1. The highest BCUT2D eigenvalue weighted by atomic mass is 19.3. The lowest BCUT2D eigenvalue weighted by molar-refractivity contribution is 0.0148. The van der Waals surface area contributed by atoms with E-state index in [0.29, 0.717) is 11.8 Å². The maximum absolute atomic E-state index is 13.7. The van der Waals surface area contributed by atoms with Gasteiger partial charge in [0.05, 0.1) is 12.7 Å². The molecule has 0 aliphatic carbocycles. The highest BCUT2D eigenvalue weighted by molar-refractivity contribution is 5.47. The highest BCUT2D eigenvalue weighted by Gasteiger charge is 2.31. The van der Waals surface area contributed by atoms with Crippen LogP contribution in [0, 0.1) is 6.92 Å². The molecule has 0 saturated carbocycles. The zero-order valence-corrected chi connectivity index (χ0v) is 11.7. The van der Waals surface area contributed by atoms with Gasteiger partial charge >= 0.3 is 0 Å². The molecule has 1 aliphatic heterocycles. The first-order valence-electron chi connectivity index (χ1n) is 6.71. The van der Waals surface area contributed by atoms with E-state index in [-0.39, 0.29) is 5.56 Å². The number of hydrogen-bond donors (Lipinski definition) is 1. The molecule has 4 heteroatoms. The third-order valence-electron chi connectivity index (χ3n) is 3.62. The average molecular weight is 269 g/mol. The molecular weight excluding hydrogens is 248 g/mol. The van der Waals surface area contributed by atoms with Gasteiger partial charge in [-0.05, 0) is 44.4 Å². The smallest absolute Gasteiger partial charge is 0.274 e. The second kappa shape index (κ2) is 5.45. The van der Waals surface area contributed by atoms with Gasteiger partial charge in [-0.2, -0.15) is 0 Å². The molecule has 1 heterocycles. The lowest BCUT2D eigenvalue weighted by atomic mass is 9.96. The Morgan fingerprint density at radius 1 is 1.42 bits per heavy atom. The van der Waals surface area contributed by atoms with Gasteiger partial charge in [0.1, 0.15) is 5.75 Å². The molecule has 1 fully saturated rings. The SMILES string of the molecule is COc1c(CC2CCCN2)cc(C)cc1C(C)(F)F. The Hall–Kier alpha value is -1.16. The second-order valence-corrected chi connectivity index (χ2v) is 5.39. The highest BCUT2D eigenvalue weighted by Crippen LogP contribution is 2.38. The predicted octanol–water partition coefficient (Wildman–Crippen LogP) is 3.41. The zero-order valence-electron chi connectivity index (χ0n) is 11.7. The van der Waals surface area contributed by atoms with Crippen molar-refractivity contribution in [1.82, 2.24) is 5.32 Å². The van der Waals surface area contributed by atoms with Crippen LogP contribution in [0.5, 0.6) is 5.75 Å². The van der Waals surface area contributed by atoms with Gasteiger partial charge in [0.25, 0.3) is 5.92 Å². The van der Waals surface area contributed by atoms with Crippen molar-refractivity contribution in [2.24, 2.45) is 0 Å². The lowest BCUT2D eigenvalue weighted by Gasteiger charge is -2.21. The summed E-state index contributed by atoms with van der Waals surface area (Å²) in [7, 11) is 1.46. The summed E-state index contributed by atoms with van der Waals surface area (Å²) in [5.74, 6) is -2.54. The fourth-order valence-electron chi connectivity index (χ4n) is 2.76. The van der Waals surface area contributed by atoms with Gasteiger partial charge in [-0.3, -0.25) is 0 Å². The molecule has 0 aromatic heterocycles. The minimum atomic E-state index is -2.88. The summed E-state index contributed by atoms with van der Waals surface area (Å²) in [6.07, 6.45) is 2.98. The Labute approximate surface area is 113 Å². The van der Waals surface area contributed by atoms with Crippen LogP contribution in [0.3, 0.4) is 0 Å². The molecule has 19 heavy (non-hydrogen) atoms. The number of methoxy groups -OCH3 is 1. The molecule has 1 atom stereocenters. The van der Waals surface area contributed by atoms with E-state index in [2.05, 4.69) is 5.32 Å². The van der Waals surface area contributed by atoms with Crippen LogP contribution in [0.2, 0.25) is 0 Å². The first-order chi connectivity index (χ1) is 8.91. The van der Waals surface area contributed by atoms with E-state index in [4.69, 9.17) is 4.74 Å². The molecular formula is C15H21F2NO. The maximum Gasteiger partial charge on any atom is 0.274 e. The first kappa shape index (κ1) is 14.3. The summed E-state index contributed by atoms with van der Waals surface area (Å²) < 4.78 is 32.6. The van der Waals surface area contributed by atoms with Crippen molar-refractivity contribution in [2.45, 2.75) is 45.1 Å². The number of halogens is 2. The van der Waals surface area contributed by atoms with Gasteiger partial charge in [-0.25, -0.2) is 8.78 Å². The molecule has 0 bridgehead atoms. The Kier molecular flexibility index (Phi) is 4.09. The van der Waals surface area contributed by atoms with Crippen molar-refractivity contribution in [3.8, 4) is 5.75 Å². The number of nitrogens with one attached hydrogen (secondary N) is 1. The summed E-state index contributed by atoms with van der Waals surface area (Å²) in [6.45, 7) is 3.78. The Morgan fingerprint density at radius 2 is 2.16 bits per heavy atom. The Morgan fingerprint density at radius 3 is 2.68 bits per heavy atom. The maximum atomic E-state index is 13.7. The van der Waals surface area contributed by atoms with E-state index in [1.165, 1.54) is 13.2 Å². The fourth-order valence-corrected chi connectivity index (χ4v) is 2.76. The molecule has 0 radical (unpaired) electrons. The molecule has 1 aromatic carbocycles. The molecule has 1 N–H and O–H groups in total. The van der Waals surface area contributed by atoms with Gasteiger partial charge in [0, 0.05) is 13.0 Å². The van der Waals surface area contributed by atoms with Gasteiger partial charge in [-0.1, -0.05) is 11.6 Å². The lowest BCUT2D eigenvalue weighted by Crippen LogP contribution is -2.24. The third-order valence-corrected chi connectivity index (χ3v) is 3.62. The van der Waals surface area contributed by atoms with E-state index < -0.39 is 5.92 Å². The topological polar surface area (TPSA) is 21.3 Å². The van der Waals surface area contributed by atoms with E-state index in [9.17, 15) is 8.78 Å². The fraction of sp³-hybridized carbons (Fsp3) is 0.600. The predicted molar refractivity (Wildman–Crippen MR) is 72.0 cm³/mol. The quantitative estimate of drug-likeness (QED) is 0.904. The number of benzene rings is 1. The van der Waals surface area contributed by atoms with Gasteiger partial charge < -0.3 is 10.1 Å². The minimum absolute atomic E-state index is 0.0111. The van der Waals surface area contributed by atoms with Crippen LogP contribution in [-0.4, -0.2) is 19.7 Å². The minimum Gasteiger partial charge on any atom is -0.496 e. The molecule has 0 spiro atoms. The van der Waals surface area contributed by atoms with Crippen molar-refractivity contribution >= 4 is 0 Å². The second-order valence-electron chi connectivity index (χ2n) is 5.39. The van der Waals surface area contributed by atoms with Crippen molar-refractivity contribution in [3.05, 3.63) is 28.8 Å². The normalized spacial score (nSPS) is 19.7. The molecule has 1 saturated heterocycles. The largest absolute Gasteiger partial charge is 0.496 e. The van der Waals surface area contributed by atoms with Gasteiger partial charge in [0.2, 0.25) is 0 Å². The third kappa shape index (κ3) is 3.24. The van der Waals surface area contributed by atoms with Gasteiger partial charge in [0.15, 0.2) is 0 Å². The molecule has 1 aliphatic rings. The van der Waals surface area contributed by atoms with E-state index in [1.54, 1.807) is 0 Å². The monoisotopic (exact) mass is 269 g/mol. The standard InChI is InChI=1S/C15H21F2NO/c1-10-7-11(9-12-5-4-6-18-12)14(19-3)13(8-10)15(2,16)17/h7-8,12,18H,4-6,9H2,1-3H3. The molecule has 2 nitrogen and oxygen atoms in total. The van der Waals surface area contributed by atoms with E-state index in [0.717, 1.165) is 43.9 Å².